The summed E-state index contributed by atoms with van der Waals surface area (Å²) in [7, 11) is 0. The van der Waals surface area contributed by atoms with Gasteiger partial charge in [-0.1, -0.05) is 23.7 Å². The Labute approximate surface area is 128 Å². The van der Waals surface area contributed by atoms with Gasteiger partial charge in [0.2, 0.25) is 0 Å². The Morgan fingerprint density at radius 1 is 1.18 bits per heavy atom. The van der Waals surface area contributed by atoms with Crippen molar-refractivity contribution in [3.8, 4) is 16.9 Å². The predicted molar refractivity (Wildman–Crippen MR) is 75.0 cm³/mol. The molecule has 0 spiro atoms. The topological polar surface area (TPSA) is 46.5 Å². The van der Waals surface area contributed by atoms with E-state index in [0.717, 1.165) is 12.1 Å². The summed E-state index contributed by atoms with van der Waals surface area (Å²) in [4.78, 5) is 10.6. The summed E-state index contributed by atoms with van der Waals surface area (Å²) >= 11 is 5.87. The van der Waals surface area contributed by atoms with Crippen LogP contribution >= 0.6 is 11.6 Å². The second kappa shape index (κ2) is 6.27. The molecule has 0 aliphatic heterocycles. The summed E-state index contributed by atoms with van der Waals surface area (Å²) in [6.07, 6.45) is -4.48. The number of carboxylic acid groups (broad SMARTS) is 1. The number of ether oxygens (including phenoxy) is 1. The Hall–Kier alpha value is -2.21. The quantitative estimate of drug-likeness (QED) is 0.898. The fourth-order valence-corrected chi connectivity index (χ4v) is 2.03. The van der Waals surface area contributed by atoms with Crippen molar-refractivity contribution in [3.63, 3.8) is 0 Å². The molecule has 7 heteroatoms. The molecule has 0 amide bonds. The number of hydrogen-bond donors (Lipinski definition) is 1. The Morgan fingerprint density at radius 3 is 2.55 bits per heavy atom. The van der Waals surface area contributed by atoms with Crippen molar-refractivity contribution in [2.24, 2.45) is 0 Å². The average molecular weight is 331 g/mol. The number of aliphatic carboxylic acids is 1. The van der Waals surface area contributed by atoms with Crippen LogP contribution in [0, 0.1) is 0 Å². The third-order valence-electron chi connectivity index (χ3n) is 2.79. The first-order valence-corrected chi connectivity index (χ1v) is 6.47. The SMILES string of the molecule is O=C(O)COc1ccc(Cl)cc1-c1cccc(C(F)(F)F)c1. The van der Waals surface area contributed by atoms with Crippen molar-refractivity contribution in [2.75, 3.05) is 6.61 Å². The van der Waals surface area contributed by atoms with Crippen molar-refractivity contribution in [1.29, 1.82) is 0 Å². The summed E-state index contributed by atoms with van der Waals surface area (Å²) in [6.45, 7) is -0.604. The van der Waals surface area contributed by atoms with E-state index in [1.54, 1.807) is 0 Å². The molecule has 3 nitrogen and oxygen atoms in total. The second-order valence-corrected chi connectivity index (χ2v) is 4.84. The largest absolute Gasteiger partial charge is 0.481 e. The minimum atomic E-state index is -4.48. The lowest BCUT2D eigenvalue weighted by molar-refractivity contribution is -0.139. The summed E-state index contributed by atoms with van der Waals surface area (Å²) in [5.41, 5.74) is -0.285. The maximum Gasteiger partial charge on any atom is 0.416 e. The number of rotatable bonds is 4. The van der Waals surface area contributed by atoms with E-state index in [1.807, 2.05) is 0 Å². The summed E-state index contributed by atoms with van der Waals surface area (Å²) < 4.78 is 43.4. The van der Waals surface area contributed by atoms with Gasteiger partial charge < -0.3 is 9.84 Å². The van der Waals surface area contributed by atoms with Crippen molar-refractivity contribution in [1.82, 2.24) is 0 Å². The molecular formula is C15H10ClF3O3. The fourth-order valence-electron chi connectivity index (χ4n) is 1.86. The maximum absolute atomic E-state index is 12.8. The van der Waals surface area contributed by atoms with Gasteiger partial charge in [-0.15, -0.1) is 0 Å². The monoisotopic (exact) mass is 330 g/mol. The number of benzene rings is 2. The molecule has 0 radical (unpaired) electrons. The average Bonchev–Trinajstić information content (AvgIpc) is 2.45. The third kappa shape index (κ3) is 3.92. The van der Waals surface area contributed by atoms with Crippen molar-refractivity contribution in [3.05, 3.63) is 53.1 Å². The molecule has 2 aromatic rings. The number of hydrogen-bond acceptors (Lipinski definition) is 2. The molecule has 0 bridgehead atoms. The molecule has 2 aromatic carbocycles. The predicted octanol–water partition coefficient (Wildman–Crippen LogP) is 4.49. The molecule has 1 N–H and O–H groups in total. The Morgan fingerprint density at radius 2 is 1.91 bits per heavy atom. The van der Waals surface area contributed by atoms with Crippen LogP contribution in [0.1, 0.15) is 5.56 Å². The van der Waals surface area contributed by atoms with Crippen LogP contribution in [0.2, 0.25) is 5.02 Å². The minimum absolute atomic E-state index is 0.145. The Kier molecular flexibility index (Phi) is 4.61. The van der Waals surface area contributed by atoms with E-state index < -0.39 is 24.3 Å². The first-order valence-electron chi connectivity index (χ1n) is 6.09. The van der Waals surface area contributed by atoms with Gasteiger partial charge in [0.25, 0.3) is 0 Å². The van der Waals surface area contributed by atoms with Crippen molar-refractivity contribution < 1.29 is 27.8 Å². The highest BCUT2D eigenvalue weighted by atomic mass is 35.5. The number of carboxylic acids is 1. The molecule has 22 heavy (non-hydrogen) atoms. The molecule has 116 valence electrons. The molecule has 2 rings (SSSR count). The van der Waals surface area contributed by atoms with Crippen LogP contribution in [0.3, 0.4) is 0 Å². The van der Waals surface area contributed by atoms with Gasteiger partial charge in [0, 0.05) is 10.6 Å². The zero-order valence-electron chi connectivity index (χ0n) is 11.0. The molecule has 0 aliphatic rings. The summed E-state index contributed by atoms with van der Waals surface area (Å²) in [5, 5.41) is 8.94. The molecule has 0 aromatic heterocycles. The lowest BCUT2D eigenvalue weighted by Gasteiger charge is -2.13. The standard InChI is InChI=1S/C15H10ClF3O3/c16-11-4-5-13(22-8-14(20)21)12(7-11)9-2-1-3-10(6-9)15(17,18)19/h1-7H,8H2,(H,20,21). The molecule has 0 aliphatic carbocycles. The van der Waals surface area contributed by atoms with E-state index >= 15 is 0 Å². The van der Waals surface area contributed by atoms with Crippen LogP contribution < -0.4 is 4.74 Å². The number of halogens is 4. The van der Waals surface area contributed by atoms with Gasteiger partial charge >= 0.3 is 12.1 Å². The summed E-state index contributed by atoms with van der Waals surface area (Å²) in [6, 6.07) is 8.95. The fraction of sp³-hybridized carbons (Fsp3) is 0.133. The molecule has 0 saturated heterocycles. The highest BCUT2D eigenvalue weighted by molar-refractivity contribution is 6.31. The molecule has 0 saturated carbocycles. The van der Waals surface area contributed by atoms with Crippen LogP contribution in [0.5, 0.6) is 5.75 Å². The second-order valence-electron chi connectivity index (χ2n) is 4.40. The first kappa shape index (κ1) is 16.2. The van der Waals surface area contributed by atoms with Gasteiger partial charge in [0.1, 0.15) is 5.75 Å². The van der Waals surface area contributed by atoms with Gasteiger partial charge in [-0.3, -0.25) is 0 Å². The van der Waals surface area contributed by atoms with Gasteiger partial charge in [0.05, 0.1) is 5.56 Å². The van der Waals surface area contributed by atoms with Crippen LogP contribution in [-0.2, 0) is 11.0 Å². The van der Waals surface area contributed by atoms with Crippen molar-refractivity contribution >= 4 is 17.6 Å². The molecular weight excluding hydrogens is 321 g/mol. The first-order chi connectivity index (χ1) is 10.3. The van der Waals surface area contributed by atoms with Crippen molar-refractivity contribution in [2.45, 2.75) is 6.18 Å². The van der Waals surface area contributed by atoms with Crippen LogP contribution in [0.15, 0.2) is 42.5 Å². The number of alkyl halides is 3. The van der Waals surface area contributed by atoms with Crippen LogP contribution in [0.4, 0.5) is 13.2 Å². The zero-order chi connectivity index (χ0) is 16.3. The molecule has 0 atom stereocenters. The Balaban J connectivity index is 2.47. The highest BCUT2D eigenvalue weighted by Gasteiger charge is 2.30. The number of carbonyl (C=O) groups is 1. The smallest absolute Gasteiger partial charge is 0.416 e. The summed E-state index contributed by atoms with van der Waals surface area (Å²) in [5.74, 6) is -1.05. The third-order valence-corrected chi connectivity index (χ3v) is 3.03. The van der Waals surface area contributed by atoms with Gasteiger partial charge in [-0.25, -0.2) is 4.79 Å². The minimum Gasteiger partial charge on any atom is -0.481 e. The van der Waals surface area contributed by atoms with E-state index in [-0.39, 0.29) is 11.3 Å². The molecule has 0 unspecified atom stereocenters. The van der Waals surface area contributed by atoms with Gasteiger partial charge in [0.15, 0.2) is 6.61 Å². The van der Waals surface area contributed by atoms with E-state index in [0.29, 0.717) is 10.6 Å². The zero-order valence-corrected chi connectivity index (χ0v) is 11.8. The van der Waals surface area contributed by atoms with Gasteiger partial charge in [-0.05, 0) is 35.9 Å². The lowest BCUT2D eigenvalue weighted by atomic mass is 10.0. The Bertz CT molecular complexity index is 699. The van der Waals surface area contributed by atoms with E-state index in [2.05, 4.69) is 0 Å². The van der Waals surface area contributed by atoms with E-state index in [1.165, 1.54) is 30.3 Å². The van der Waals surface area contributed by atoms with E-state index in [4.69, 9.17) is 21.4 Å². The van der Waals surface area contributed by atoms with Crippen LogP contribution in [0.25, 0.3) is 11.1 Å². The normalized spacial score (nSPS) is 11.3. The van der Waals surface area contributed by atoms with E-state index in [9.17, 15) is 18.0 Å². The lowest BCUT2D eigenvalue weighted by Crippen LogP contribution is -2.10. The van der Waals surface area contributed by atoms with Crippen LogP contribution in [-0.4, -0.2) is 17.7 Å². The maximum atomic E-state index is 12.8. The molecule has 0 fully saturated rings. The van der Waals surface area contributed by atoms with Gasteiger partial charge in [-0.2, -0.15) is 13.2 Å². The molecule has 0 heterocycles. The highest BCUT2D eigenvalue weighted by Crippen LogP contribution is 2.36.